The Balaban J connectivity index is 0.000000221. The maximum Gasteiger partial charge on any atom is 0.326 e. The van der Waals surface area contributed by atoms with Crippen molar-refractivity contribution in [2.75, 3.05) is 6.54 Å². The summed E-state index contributed by atoms with van der Waals surface area (Å²) in [5, 5.41) is 21.0. The van der Waals surface area contributed by atoms with Gasteiger partial charge in [-0.3, -0.25) is 14.9 Å². The fourth-order valence-electron chi connectivity index (χ4n) is 1.18. The minimum atomic E-state index is -2.59. The quantitative estimate of drug-likeness (QED) is 0.681. The van der Waals surface area contributed by atoms with Crippen LogP contribution in [0, 0.1) is 10.1 Å². The van der Waals surface area contributed by atoms with Gasteiger partial charge in [-0.2, -0.15) is 12.8 Å². The summed E-state index contributed by atoms with van der Waals surface area (Å²) >= 11 is 1.59. The molecule has 0 aliphatic heterocycles. The monoisotopic (exact) mass is 316 g/mol. The molecule has 0 saturated heterocycles. The van der Waals surface area contributed by atoms with Crippen LogP contribution in [0.5, 0.6) is 0 Å². The minimum absolute atomic E-state index is 0.154. The van der Waals surface area contributed by atoms with Gasteiger partial charge in [-0.05, 0) is 22.9 Å². The Hall–Kier alpha value is -2.33. The number of thiophene rings is 1. The number of nitrogens with zero attached hydrogens (tertiary/aromatic N) is 2. The zero-order chi connectivity index (χ0) is 15.1. The minimum Gasteiger partial charge on any atom is -0.480 e. The van der Waals surface area contributed by atoms with Crippen LogP contribution in [0.4, 0.5) is 5.69 Å². The van der Waals surface area contributed by atoms with Crippen molar-refractivity contribution in [3.05, 3.63) is 39.8 Å². The molecule has 106 valence electrons. The molecule has 0 fully saturated rings. The fourth-order valence-corrected chi connectivity index (χ4v) is 2.16. The van der Waals surface area contributed by atoms with Crippen molar-refractivity contribution in [1.82, 2.24) is 0 Å². The first-order valence-corrected chi connectivity index (χ1v) is 6.91. The molecule has 1 heterocycles. The second kappa shape index (κ2) is 7.31. The van der Waals surface area contributed by atoms with E-state index in [0.717, 1.165) is 10.1 Å². The lowest BCUT2D eigenvalue weighted by atomic mass is 10.2. The number of benzene rings is 1. The van der Waals surface area contributed by atoms with Crippen LogP contribution in [0.25, 0.3) is 10.1 Å². The first-order chi connectivity index (χ1) is 9.40. The van der Waals surface area contributed by atoms with Crippen molar-refractivity contribution >= 4 is 43.6 Å². The first-order valence-electron chi connectivity index (χ1n) is 5.00. The molecule has 1 aromatic carbocycles. The zero-order valence-corrected chi connectivity index (χ0v) is 11.4. The van der Waals surface area contributed by atoms with E-state index in [1.807, 2.05) is 11.4 Å². The average molecular weight is 316 g/mol. The molecule has 10 heteroatoms. The highest BCUT2D eigenvalue weighted by molar-refractivity contribution is 7.61. The number of hydrogen-bond donors (Lipinski definition) is 1. The summed E-state index contributed by atoms with van der Waals surface area (Å²) in [5.41, 5.74) is 0.154. The number of fused-ring (bicyclic) bond motifs is 1. The highest BCUT2D eigenvalue weighted by atomic mass is 32.2. The van der Waals surface area contributed by atoms with Gasteiger partial charge < -0.3 is 5.11 Å². The van der Waals surface area contributed by atoms with Crippen LogP contribution in [0.1, 0.15) is 0 Å². The molecule has 0 aliphatic carbocycles. The summed E-state index contributed by atoms with van der Waals surface area (Å²) in [6.45, 7) is -0.684. The molecule has 0 radical (unpaired) electrons. The second-order valence-corrected chi connectivity index (χ2v) is 4.94. The van der Waals surface area contributed by atoms with Crippen LogP contribution < -0.4 is 0 Å². The van der Waals surface area contributed by atoms with E-state index in [0.29, 0.717) is 0 Å². The smallest absolute Gasteiger partial charge is 0.326 e. The van der Waals surface area contributed by atoms with Gasteiger partial charge in [0.15, 0.2) is 6.54 Å². The number of rotatable bonds is 3. The number of aliphatic carboxylic acids is 1. The van der Waals surface area contributed by atoms with E-state index in [4.69, 9.17) is 5.11 Å². The van der Waals surface area contributed by atoms with Gasteiger partial charge in [0, 0.05) is 16.8 Å². The molecule has 1 aromatic heterocycles. The van der Waals surface area contributed by atoms with Crippen molar-refractivity contribution in [1.29, 1.82) is 0 Å². The van der Waals surface area contributed by atoms with Crippen molar-refractivity contribution in [3.63, 3.8) is 0 Å². The fraction of sp³-hybridized carbons (Fsp3) is 0.100. The van der Waals surface area contributed by atoms with Crippen molar-refractivity contribution in [3.8, 4) is 0 Å². The molecular formula is C10H8N2O6S2. The number of carbonyl (C=O) groups is 1. The number of nitro groups is 1. The largest absolute Gasteiger partial charge is 0.480 e. The van der Waals surface area contributed by atoms with E-state index in [1.165, 1.54) is 6.07 Å². The van der Waals surface area contributed by atoms with Crippen LogP contribution in [0.15, 0.2) is 34.0 Å². The molecule has 0 bridgehead atoms. The Labute approximate surface area is 118 Å². The summed E-state index contributed by atoms with van der Waals surface area (Å²) in [5.74, 6) is -1.26. The van der Waals surface area contributed by atoms with Gasteiger partial charge >= 0.3 is 16.5 Å². The van der Waals surface area contributed by atoms with Crippen LogP contribution in [-0.2, 0) is 15.3 Å². The number of carboxylic acid groups (broad SMARTS) is 1. The number of non-ortho nitro benzene ring substituents is 1. The van der Waals surface area contributed by atoms with Gasteiger partial charge in [-0.25, -0.2) is 0 Å². The van der Waals surface area contributed by atoms with Gasteiger partial charge in [0.05, 0.1) is 4.92 Å². The van der Waals surface area contributed by atoms with Gasteiger partial charge in [-0.15, -0.1) is 11.3 Å². The molecule has 0 aliphatic rings. The standard InChI is InChI=1S/C8H5NO2S.C2H3NO4S/c10-9(11)7-1-2-8-6(5-7)3-4-12-8;4-2(5)1-3-8(6)7/h1-5H;1H2,(H,4,5). The van der Waals surface area contributed by atoms with Crippen molar-refractivity contribution < 1.29 is 23.2 Å². The lowest BCUT2D eigenvalue weighted by Gasteiger charge is -1.90. The maximum absolute atomic E-state index is 10.4. The van der Waals surface area contributed by atoms with E-state index in [2.05, 4.69) is 4.36 Å². The van der Waals surface area contributed by atoms with Crippen LogP contribution in [0.3, 0.4) is 0 Å². The van der Waals surface area contributed by atoms with Gasteiger partial charge in [0.1, 0.15) is 0 Å². The van der Waals surface area contributed by atoms with Crippen molar-refractivity contribution in [2.24, 2.45) is 4.36 Å². The molecule has 2 rings (SSSR count). The Morgan fingerprint density at radius 2 is 2.10 bits per heavy atom. The van der Waals surface area contributed by atoms with Gasteiger partial charge in [-0.1, -0.05) is 0 Å². The SMILES string of the molecule is O=C(O)CN=S(=O)=O.O=[N+]([O-])c1ccc2sccc2c1. The molecule has 0 amide bonds. The zero-order valence-electron chi connectivity index (χ0n) is 9.79. The summed E-state index contributed by atoms with van der Waals surface area (Å²) in [7, 11) is -2.59. The Morgan fingerprint density at radius 3 is 2.60 bits per heavy atom. The highest BCUT2D eigenvalue weighted by Crippen LogP contribution is 2.24. The lowest BCUT2D eigenvalue weighted by Crippen LogP contribution is -1.97. The maximum atomic E-state index is 10.4. The second-order valence-electron chi connectivity index (χ2n) is 3.30. The molecule has 0 atom stereocenters. The number of nitro benzene ring substituents is 1. The normalized spacial score (nSPS) is 9.40. The number of carboxylic acids is 1. The highest BCUT2D eigenvalue weighted by Gasteiger charge is 2.05. The van der Waals surface area contributed by atoms with E-state index < -0.39 is 23.0 Å². The Bertz CT molecular complexity index is 757. The van der Waals surface area contributed by atoms with Gasteiger partial charge in [0.25, 0.3) is 5.69 Å². The Kier molecular flexibility index (Phi) is 5.74. The third-order valence-electron chi connectivity index (χ3n) is 1.95. The summed E-state index contributed by atoms with van der Waals surface area (Å²) < 4.78 is 22.7. The molecule has 0 unspecified atom stereocenters. The van der Waals surface area contributed by atoms with Crippen molar-refractivity contribution in [2.45, 2.75) is 0 Å². The molecule has 2 aromatic rings. The predicted octanol–water partition coefficient (Wildman–Crippen LogP) is 1.94. The average Bonchev–Trinajstić information content (AvgIpc) is 2.84. The Morgan fingerprint density at radius 1 is 1.40 bits per heavy atom. The molecular weight excluding hydrogens is 308 g/mol. The summed E-state index contributed by atoms with van der Waals surface area (Å²) in [6.07, 6.45) is 0. The third kappa shape index (κ3) is 5.12. The van der Waals surface area contributed by atoms with Crippen LogP contribution >= 0.6 is 11.3 Å². The number of hydrogen-bond acceptors (Lipinski definition) is 7. The molecule has 8 nitrogen and oxygen atoms in total. The third-order valence-corrected chi connectivity index (χ3v) is 3.19. The van der Waals surface area contributed by atoms with Crippen LogP contribution in [-0.4, -0.2) is 31.0 Å². The van der Waals surface area contributed by atoms with Crippen LogP contribution in [0.2, 0.25) is 0 Å². The summed E-state index contributed by atoms with van der Waals surface area (Å²) in [6, 6.07) is 6.77. The van der Waals surface area contributed by atoms with Gasteiger partial charge in [0.2, 0.25) is 0 Å². The van der Waals surface area contributed by atoms with E-state index in [9.17, 15) is 23.3 Å². The van der Waals surface area contributed by atoms with E-state index in [-0.39, 0.29) is 10.6 Å². The molecule has 1 N–H and O–H groups in total. The topological polar surface area (TPSA) is 127 Å². The molecule has 20 heavy (non-hydrogen) atoms. The molecule has 0 spiro atoms. The lowest BCUT2D eigenvalue weighted by molar-refractivity contribution is -0.384. The first kappa shape index (κ1) is 15.7. The van der Waals surface area contributed by atoms with E-state index in [1.54, 1.807) is 23.5 Å². The summed E-state index contributed by atoms with van der Waals surface area (Å²) in [4.78, 5) is 19.5. The predicted molar refractivity (Wildman–Crippen MR) is 72.3 cm³/mol. The van der Waals surface area contributed by atoms with E-state index >= 15 is 0 Å². The molecule has 0 saturated carbocycles.